The summed E-state index contributed by atoms with van der Waals surface area (Å²) in [5, 5.41) is 10.7. The Morgan fingerprint density at radius 1 is 0.542 bits per heavy atom. The van der Waals surface area contributed by atoms with Gasteiger partial charge in [0.2, 0.25) is 0 Å². The van der Waals surface area contributed by atoms with Crippen molar-refractivity contribution in [2.45, 2.75) is 142 Å². The van der Waals surface area contributed by atoms with Crippen molar-refractivity contribution in [1.29, 1.82) is 0 Å². The summed E-state index contributed by atoms with van der Waals surface area (Å²) >= 11 is 0. The van der Waals surface area contributed by atoms with Gasteiger partial charge in [-0.15, -0.1) is 0 Å². The molecule has 0 aliphatic rings. The summed E-state index contributed by atoms with van der Waals surface area (Å²) in [7, 11) is 0. The molecule has 0 amide bonds. The van der Waals surface area contributed by atoms with E-state index in [1.807, 2.05) is 6.92 Å². The van der Waals surface area contributed by atoms with Gasteiger partial charge in [0.15, 0.2) is 0 Å². The Labute approximate surface area is 154 Å². The molecular formula is C23H47O. The standard InChI is InChI=1S/C23H47O/c1-4-7-9-11-13-15-17-19-21-23(24,6-3)22-20-18-16-14-12-10-8-5-2/h6,24H,4-5,7-22H2,1-3H3. The van der Waals surface area contributed by atoms with Crippen LogP contribution in [0.1, 0.15) is 136 Å². The molecule has 0 aromatic rings. The highest BCUT2D eigenvalue weighted by Gasteiger charge is 2.23. The summed E-state index contributed by atoms with van der Waals surface area (Å²) in [6, 6.07) is 0. The predicted octanol–water partition coefficient (Wildman–Crippen LogP) is 8.00. The van der Waals surface area contributed by atoms with E-state index in [0.29, 0.717) is 0 Å². The van der Waals surface area contributed by atoms with E-state index in [2.05, 4.69) is 20.3 Å². The summed E-state index contributed by atoms with van der Waals surface area (Å²) in [6.45, 7) is 6.58. The SMILES string of the molecule is C[CH]C(O)(CCCCCCCCCC)CCCCCCCCCC. The van der Waals surface area contributed by atoms with Gasteiger partial charge in [0.1, 0.15) is 0 Å². The molecule has 1 heteroatoms. The van der Waals surface area contributed by atoms with E-state index in [4.69, 9.17) is 0 Å². The lowest BCUT2D eigenvalue weighted by atomic mass is 9.87. The minimum Gasteiger partial charge on any atom is -0.390 e. The van der Waals surface area contributed by atoms with Gasteiger partial charge in [0, 0.05) is 0 Å². The minimum absolute atomic E-state index is 0.496. The zero-order valence-corrected chi connectivity index (χ0v) is 17.3. The maximum atomic E-state index is 10.7. The van der Waals surface area contributed by atoms with Crippen LogP contribution in [0.4, 0.5) is 0 Å². The first-order valence-electron chi connectivity index (χ1n) is 11.2. The topological polar surface area (TPSA) is 20.2 Å². The highest BCUT2D eigenvalue weighted by Crippen LogP contribution is 2.25. The third-order valence-corrected chi connectivity index (χ3v) is 5.46. The minimum atomic E-state index is -0.496. The lowest BCUT2D eigenvalue weighted by molar-refractivity contribution is 0.0503. The Bertz CT molecular complexity index is 216. The maximum Gasteiger partial charge on any atom is 0.0676 e. The van der Waals surface area contributed by atoms with Gasteiger partial charge >= 0.3 is 0 Å². The van der Waals surface area contributed by atoms with Crippen molar-refractivity contribution in [3.8, 4) is 0 Å². The molecule has 0 aromatic carbocycles. The van der Waals surface area contributed by atoms with Crippen molar-refractivity contribution in [3.05, 3.63) is 6.42 Å². The third-order valence-electron chi connectivity index (χ3n) is 5.46. The molecule has 0 heterocycles. The van der Waals surface area contributed by atoms with Crippen molar-refractivity contribution in [2.75, 3.05) is 0 Å². The fraction of sp³-hybridized carbons (Fsp3) is 0.957. The van der Waals surface area contributed by atoms with Crippen LogP contribution in [0.3, 0.4) is 0 Å². The second kappa shape index (κ2) is 17.8. The molecule has 0 aliphatic heterocycles. The molecule has 1 nitrogen and oxygen atoms in total. The Morgan fingerprint density at radius 3 is 1.12 bits per heavy atom. The summed E-state index contributed by atoms with van der Waals surface area (Å²) in [5.41, 5.74) is -0.496. The molecular weight excluding hydrogens is 292 g/mol. The molecule has 0 bridgehead atoms. The molecule has 0 rings (SSSR count). The highest BCUT2D eigenvalue weighted by molar-refractivity contribution is 4.89. The van der Waals surface area contributed by atoms with Crippen molar-refractivity contribution >= 4 is 0 Å². The quantitative estimate of drug-likeness (QED) is 0.236. The number of aliphatic hydroxyl groups is 1. The van der Waals surface area contributed by atoms with Gasteiger partial charge in [0.05, 0.1) is 5.60 Å². The Hall–Kier alpha value is -0.0400. The lowest BCUT2D eigenvalue weighted by Crippen LogP contribution is -2.28. The summed E-state index contributed by atoms with van der Waals surface area (Å²) in [6.07, 6.45) is 25.5. The van der Waals surface area contributed by atoms with E-state index in [9.17, 15) is 5.11 Å². The van der Waals surface area contributed by atoms with Crippen molar-refractivity contribution in [3.63, 3.8) is 0 Å². The van der Waals surface area contributed by atoms with Gasteiger partial charge in [-0.3, -0.25) is 0 Å². The summed E-state index contributed by atoms with van der Waals surface area (Å²) < 4.78 is 0. The maximum absolute atomic E-state index is 10.7. The van der Waals surface area contributed by atoms with E-state index in [1.54, 1.807) is 0 Å². The number of hydrogen-bond acceptors (Lipinski definition) is 1. The van der Waals surface area contributed by atoms with Gasteiger partial charge in [-0.05, 0) is 19.3 Å². The molecule has 0 aromatic heterocycles. The molecule has 0 spiro atoms. The average Bonchev–Trinajstić information content (AvgIpc) is 2.59. The Balaban J connectivity index is 3.51. The molecule has 0 unspecified atom stereocenters. The fourth-order valence-electron chi connectivity index (χ4n) is 3.54. The van der Waals surface area contributed by atoms with Crippen LogP contribution in [0, 0.1) is 6.42 Å². The van der Waals surface area contributed by atoms with Crippen LogP contribution in [0.25, 0.3) is 0 Å². The van der Waals surface area contributed by atoms with Crippen molar-refractivity contribution in [2.24, 2.45) is 0 Å². The van der Waals surface area contributed by atoms with Gasteiger partial charge in [-0.1, -0.05) is 124 Å². The summed E-state index contributed by atoms with van der Waals surface area (Å²) in [4.78, 5) is 0. The molecule has 0 atom stereocenters. The summed E-state index contributed by atoms with van der Waals surface area (Å²) in [5.74, 6) is 0. The van der Waals surface area contributed by atoms with E-state index in [-0.39, 0.29) is 0 Å². The van der Waals surface area contributed by atoms with E-state index in [1.165, 1.54) is 103 Å². The molecule has 0 aliphatic carbocycles. The first-order chi connectivity index (χ1) is 11.7. The van der Waals surface area contributed by atoms with Crippen molar-refractivity contribution in [1.82, 2.24) is 0 Å². The average molecular weight is 340 g/mol. The van der Waals surface area contributed by atoms with Crippen LogP contribution in [0.5, 0.6) is 0 Å². The third kappa shape index (κ3) is 15.5. The second-order valence-electron chi connectivity index (χ2n) is 7.84. The smallest absolute Gasteiger partial charge is 0.0676 e. The number of hydrogen-bond donors (Lipinski definition) is 1. The first-order valence-corrected chi connectivity index (χ1v) is 11.2. The van der Waals surface area contributed by atoms with Crippen molar-refractivity contribution < 1.29 is 5.11 Å². The zero-order valence-electron chi connectivity index (χ0n) is 17.3. The first kappa shape index (κ1) is 24.0. The van der Waals surface area contributed by atoms with Gasteiger partial charge < -0.3 is 5.11 Å². The van der Waals surface area contributed by atoms with Gasteiger partial charge in [-0.2, -0.15) is 0 Å². The molecule has 24 heavy (non-hydrogen) atoms. The second-order valence-corrected chi connectivity index (χ2v) is 7.84. The fourth-order valence-corrected chi connectivity index (χ4v) is 3.54. The van der Waals surface area contributed by atoms with E-state index >= 15 is 0 Å². The van der Waals surface area contributed by atoms with Crippen LogP contribution in [0.2, 0.25) is 0 Å². The molecule has 0 saturated heterocycles. The monoisotopic (exact) mass is 339 g/mol. The highest BCUT2D eigenvalue weighted by atomic mass is 16.3. The van der Waals surface area contributed by atoms with E-state index in [0.717, 1.165) is 12.8 Å². The van der Waals surface area contributed by atoms with Crippen LogP contribution >= 0.6 is 0 Å². The molecule has 145 valence electrons. The largest absolute Gasteiger partial charge is 0.390 e. The zero-order chi connectivity index (χ0) is 17.9. The van der Waals surface area contributed by atoms with E-state index < -0.39 is 5.60 Å². The molecule has 0 fully saturated rings. The normalized spacial score (nSPS) is 12.0. The number of unbranched alkanes of at least 4 members (excludes halogenated alkanes) is 14. The van der Waals surface area contributed by atoms with Crippen LogP contribution in [-0.2, 0) is 0 Å². The molecule has 0 saturated carbocycles. The Kier molecular flexibility index (Phi) is 17.7. The number of rotatable bonds is 19. The van der Waals surface area contributed by atoms with Crippen LogP contribution in [0.15, 0.2) is 0 Å². The Morgan fingerprint density at radius 2 is 0.833 bits per heavy atom. The molecule has 1 radical (unpaired) electrons. The van der Waals surface area contributed by atoms with Crippen LogP contribution < -0.4 is 0 Å². The van der Waals surface area contributed by atoms with Gasteiger partial charge in [-0.25, -0.2) is 0 Å². The predicted molar refractivity (Wildman–Crippen MR) is 109 cm³/mol. The molecule has 1 N–H and O–H groups in total. The van der Waals surface area contributed by atoms with Crippen LogP contribution in [-0.4, -0.2) is 10.7 Å². The van der Waals surface area contributed by atoms with Gasteiger partial charge in [0.25, 0.3) is 0 Å². The lowest BCUT2D eigenvalue weighted by Gasteiger charge is -2.26.